The molecule has 3 rings (SSSR count). The number of carbonyl (C=O) groups is 3. The average molecular weight is 466 g/mol. The van der Waals surface area contributed by atoms with Gasteiger partial charge in [0.1, 0.15) is 9.88 Å². The molecule has 2 amide bonds. The van der Waals surface area contributed by atoms with Crippen LogP contribution >= 0.6 is 11.3 Å². The van der Waals surface area contributed by atoms with Gasteiger partial charge in [-0.25, -0.2) is 4.79 Å². The zero-order valence-corrected chi connectivity index (χ0v) is 19.7. The molecule has 0 spiro atoms. The van der Waals surface area contributed by atoms with E-state index in [1.165, 1.54) is 0 Å². The van der Waals surface area contributed by atoms with E-state index in [4.69, 9.17) is 4.74 Å². The van der Waals surface area contributed by atoms with Gasteiger partial charge >= 0.3 is 5.97 Å². The highest BCUT2D eigenvalue weighted by Gasteiger charge is 2.27. The second-order valence-corrected chi connectivity index (χ2v) is 8.22. The molecule has 33 heavy (non-hydrogen) atoms. The molecule has 172 valence electrons. The molecule has 2 N–H and O–H groups in total. The molecule has 7 nitrogen and oxygen atoms in total. The van der Waals surface area contributed by atoms with Gasteiger partial charge in [-0.05, 0) is 50.6 Å². The van der Waals surface area contributed by atoms with Crippen molar-refractivity contribution in [3.05, 3.63) is 76.7 Å². The van der Waals surface area contributed by atoms with E-state index in [9.17, 15) is 14.4 Å². The van der Waals surface area contributed by atoms with Crippen molar-refractivity contribution in [2.24, 2.45) is 0 Å². The van der Waals surface area contributed by atoms with Gasteiger partial charge in [-0.15, -0.1) is 11.3 Å². The second kappa shape index (κ2) is 11.3. The minimum atomic E-state index is -0.520. The maximum Gasteiger partial charge on any atom is 0.348 e. The molecule has 0 radical (unpaired) electrons. The fraction of sp³-hybridized carbons (Fsp3) is 0.240. The smallest absolute Gasteiger partial charge is 0.348 e. The molecule has 0 saturated heterocycles. The number of nitrogens with one attached hydrogen (secondary N) is 2. The van der Waals surface area contributed by atoms with Crippen molar-refractivity contribution in [1.29, 1.82) is 0 Å². The van der Waals surface area contributed by atoms with E-state index in [-0.39, 0.29) is 24.6 Å². The van der Waals surface area contributed by atoms with E-state index < -0.39 is 11.9 Å². The van der Waals surface area contributed by atoms with Crippen LogP contribution in [0.15, 0.2) is 60.7 Å². The van der Waals surface area contributed by atoms with Crippen molar-refractivity contribution in [1.82, 2.24) is 0 Å². The summed E-state index contributed by atoms with van der Waals surface area (Å²) in [5.74, 6) is -1.21. The Bertz CT molecular complexity index is 1110. The molecule has 0 fully saturated rings. The van der Waals surface area contributed by atoms with Crippen molar-refractivity contribution in [2.45, 2.75) is 20.8 Å². The number of rotatable bonds is 9. The number of esters is 1. The molecule has 0 bridgehead atoms. The van der Waals surface area contributed by atoms with Crippen LogP contribution in [0.25, 0.3) is 0 Å². The number of amides is 2. The number of para-hydroxylation sites is 2. The highest BCUT2D eigenvalue weighted by atomic mass is 32.1. The fourth-order valence-corrected chi connectivity index (χ4v) is 4.46. The summed E-state index contributed by atoms with van der Waals surface area (Å²) in [7, 11) is 0. The number of hydrogen-bond donors (Lipinski definition) is 2. The highest BCUT2D eigenvalue weighted by Crippen LogP contribution is 2.34. The molecule has 2 aromatic carbocycles. The molecule has 0 aliphatic rings. The number of likely N-dealkylation sites (N-methyl/N-ethyl adjacent to an activating group) is 1. The zero-order valence-electron chi connectivity index (χ0n) is 18.9. The number of anilines is 3. The molecular formula is C25H27N3O4S. The second-order valence-electron chi connectivity index (χ2n) is 7.20. The fourth-order valence-electron chi connectivity index (χ4n) is 3.35. The summed E-state index contributed by atoms with van der Waals surface area (Å²) in [5, 5.41) is 5.99. The first-order valence-corrected chi connectivity index (χ1v) is 11.5. The lowest BCUT2D eigenvalue weighted by Gasteiger charge is -2.22. The van der Waals surface area contributed by atoms with Crippen LogP contribution in [0.3, 0.4) is 0 Å². The van der Waals surface area contributed by atoms with Crippen molar-refractivity contribution < 1.29 is 19.1 Å². The van der Waals surface area contributed by atoms with Gasteiger partial charge in [0.15, 0.2) is 0 Å². The zero-order chi connectivity index (χ0) is 23.8. The summed E-state index contributed by atoms with van der Waals surface area (Å²) in [5.41, 5.74) is 2.26. The van der Waals surface area contributed by atoms with Gasteiger partial charge in [-0.3, -0.25) is 9.59 Å². The number of nitrogens with zero attached hydrogens (tertiary/aromatic N) is 1. The number of hydrogen-bond acceptors (Lipinski definition) is 6. The Kier molecular flexibility index (Phi) is 8.21. The van der Waals surface area contributed by atoms with E-state index >= 15 is 0 Å². The minimum Gasteiger partial charge on any atom is -0.462 e. The van der Waals surface area contributed by atoms with Crippen LogP contribution < -0.4 is 15.5 Å². The first kappa shape index (κ1) is 24.0. The van der Waals surface area contributed by atoms with Crippen LogP contribution in [0.2, 0.25) is 0 Å². The van der Waals surface area contributed by atoms with E-state index in [1.54, 1.807) is 26.0 Å². The predicted octanol–water partition coefficient (Wildman–Crippen LogP) is 4.95. The quantitative estimate of drug-likeness (QED) is 0.437. The Morgan fingerprint density at radius 2 is 1.58 bits per heavy atom. The Morgan fingerprint density at radius 3 is 2.18 bits per heavy atom. The summed E-state index contributed by atoms with van der Waals surface area (Å²) >= 11 is 1.05. The molecule has 1 heterocycles. The Labute approximate surface area is 197 Å². The molecule has 8 heteroatoms. The summed E-state index contributed by atoms with van der Waals surface area (Å²) < 4.78 is 5.14. The van der Waals surface area contributed by atoms with Gasteiger partial charge in [0.2, 0.25) is 5.91 Å². The van der Waals surface area contributed by atoms with Crippen molar-refractivity contribution in [3.8, 4) is 0 Å². The van der Waals surface area contributed by atoms with Crippen LogP contribution in [-0.4, -0.2) is 37.5 Å². The average Bonchev–Trinajstić information content (AvgIpc) is 3.14. The summed E-state index contributed by atoms with van der Waals surface area (Å²) in [6.07, 6.45) is 0. The van der Waals surface area contributed by atoms with Crippen molar-refractivity contribution in [3.63, 3.8) is 0 Å². The van der Waals surface area contributed by atoms with E-state index in [2.05, 4.69) is 10.6 Å². The third kappa shape index (κ3) is 5.98. The number of benzene rings is 2. The maximum atomic E-state index is 13.1. The molecule has 0 aliphatic carbocycles. The van der Waals surface area contributed by atoms with E-state index in [1.807, 2.05) is 60.4 Å². The molecule has 0 saturated carbocycles. The van der Waals surface area contributed by atoms with Crippen LogP contribution in [0.5, 0.6) is 0 Å². The van der Waals surface area contributed by atoms with Crippen LogP contribution in [0, 0.1) is 6.92 Å². The molecule has 0 atom stereocenters. The van der Waals surface area contributed by atoms with Crippen molar-refractivity contribution >= 4 is 45.5 Å². The van der Waals surface area contributed by atoms with Crippen LogP contribution in [0.4, 0.5) is 16.4 Å². The molecule has 3 aromatic rings. The molecule has 0 aliphatic heterocycles. The monoisotopic (exact) mass is 465 g/mol. The Balaban J connectivity index is 1.87. The lowest BCUT2D eigenvalue weighted by atomic mass is 10.1. The molecule has 1 aromatic heterocycles. The number of thiophene rings is 1. The SMILES string of the molecule is CCOC(=O)c1sc(NC(=O)CN(CC)c2ccccc2)c(C(=O)Nc2ccccc2)c1C. The lowest BCUT2D eigenvalue weighted by molar-refractivity contribution is -0.115. The largest absolute Gasteiger partial charge is 0.462 e. The van der Waals surface area contributed by atoms with Crippen molar-refractivity contribution in [2.75, 3.05) is 35.2 Å². The van der Waals surface area contributed by atoms with Gasteiger partial charge in [0, 0.05) is 17.9 Å². The Morgan fingerprint density at radius 1 is 0.939 bits per heavy atom. The first-order valence-electron chi connectivity index (χ1n) is 10.7. The summed E-state index contributed by atoms with van der Waals surface area (Å²) in [6, 6.07) is 18.6. The third-order valence-corrected chi connectivity index (χ3v) is 6.14. The first-order chi connectivity index (χ1) is 15.9. The van der Waals surface area contributed by atoms with Gasteiger partial charge < -0.3 is 20.3 Å². The number of ether oxygens (including phenoxy) is 1. The molecular weight excluding hydrogens is 438 g/mol. The standard InChI is InChI=1S/C25H27N3O4S/c1-4-28(19-14-10-7-11-15-19)16-20(29)27-24-21(17(3)22(33-24)25(31)32-5-2)23(30)26-18-12-8-6-9-13-18/h6-15H,4-5,16H2,1-3H3,(H,26,30)(H,27,29). The maximum absolute atomic E-state index is 13.1. The third-order valence-electron chi connectivity index (χ3n) is 4.96. The summed E-state index contributed by atoms with van der Waals surface area (Å²) in [4.78, 5) is 40.7. The topological polar surface area (TPSA) is 87.7 Å². The minimum absolute atomic E-state index is 0.103. The van der Waals surface area contributed by atoms with Gasteiger partial charge in [0.05, 0.1) is 18.7 Å². The van der Waals surface area contributed by atoms with Gasteiger partial charge in [-0.2, -0.15) is 0 Å². The van der Waals surface area contributed by atoms with E-state index in [0.29, 0.717) is 27.7 Å². The number of carbonyl (C=O) groups excluding carboxylic acids is 3. The predicted molar refractivity (Wildman–Crippen MR) is 132 cm³/mol. The Hall–Kier alpha value is -3.65. The van der Waals surface area contributed by atoms with Gasteiger partial charge in [-0.1, -0.05) is 36.4 Å². The van der Waals surface area contributed by atoms with Gasteiger partial charge in [0.25, 0.3) is 5.91 Å². The highest BCUT2D eigenvalue weighted by molar-refractivity contribution is 7.18. The van der Waals surface area contributed by atoms with Crippen LogP contribution in [0.1, 0.15) is 39.4 Å². The normalized spacial score (nSPS) is 10.4. The van der Waals surface area contributed by atoms with E-state index in [0.717, 1.165) is 17.0 Å². The summed E-state index contributed by atoms with van der Waals surface area (Å²) in [6.45, 7) is 6.32. The lowest BCUT2D eigenvalue weighted by Crippen LogP contribution is -2.33. The van der Waals surface area contributed by atoms with Crippen LogP contribution in [-0.2, 0) is 9.53 Å². The molecule has 0 unspecified atom stereocenters.